The molecule has 16 heavy (non-hydrogen) atoms. The van der Waals surface area contributed by atoms with Gasteiger partial charge in [0.25, 0.3) is 0 Å². The van der Waals surface area contributed by atoms with Gasteiger partial charge in [0.05, 0.1) is 0 Å². The Morgan fingerprint density at radius 3 is 2.50 bits per heavy atom. The number of rotatable bonds is 6. The van der Waals surface area contributed by atoms with Gasteiger partial charge in [0.15, 0.2) is 0 Å². The molecule has 0 unspecified atom stereocenters. The lowest BCUT2D eigenvalue weighted by Gasteiger charge is -2.10. The molecule has 0 radical (unpaired) electrons. The Balaban J connectivity index is 2.55. The third-order valence-corrected chi connectivity index (χ3v) is 2.69. The minimum Gasteiger partial charge on any atom is -0.550 e. The third-order valence-electron chi connectivity index (χ3n) is 2.69. The van der Waals surface area contributed by atoms with Crippen molar-refractivity contribution in [1.82, 2.24) is 0 Å². The zero-order chi connectivity index (χ0) is 12.0. The number of carbonyl (C=O) groups is 1. The summed E-state index contributed by atoms with van der Waals surface area (Å²) in [5.41, 5.74) is 6.38. The van der Waals surface area contributed by atoms with E-state index in [0.29, 0.717) is 6.42 Å². The highest BCUT2D eigenvalue weighted by Crippen LogP contribution is 2.15. The molecule has 0 saturated heterocycles. The van der Waals surface area contributed by atoms with E-state index in [9.17, 15) is 9.90 Å². The first kappa shape index (κ1) is 12.7. The summed E-state index contributed by atoms with van der Waals surface area (Å²) in [4.78, 5) is 10.3. The second kappa shape index (κ2) is 6.28. The van der Waals surface area contributed by atoms with Gasteiger partial charge in [-0.2, -0.15) is 0 Å². The number of aryl methyl sites for hydroxylation is 1. The van der Waals surface area contributed by atoms with Crippen LogP contribution < -0.4 is 10.8 Å². The molecule has 3 nitrogen and oxygen atoms in total. The fourth-order valence-electron chi connectivity index (χ4n) is 1.70. The summed E-state index contributed by atoms with van der Waals surface area (Å²) >= 11 is 0. The van der Waals surface area contributed by atoms with Crippen LogP contribution in [0.15, 0.2) is 24.3 Å². The van der Waals surface area contributed by atoms with Crippen molar-refractivity contribution in [2.45, 2.75) is 38.6 Å². The van der Waals surface area contributed by atoms with Crippen LogP contribution in [0.4, 0.5) is 0 Å². The van der Waals surface area contributed by atoms with Crippen LogP contribution in [0.2, 0.25) is 0 Å². The number of aliphatic carboxylic acids is 1. The lowest BCUT2D eigenvalue weighted by atomic mass is 10.0. The van der Waals surface area contributed by atoms with Crippen molar-refractivity contribution in [2.75, 3.05) is 0 Å². The van der Waals surface area contributed by atoms with Gasteiger partial charge in [-0.05, 0) is 18.4 Å². The predicted molar refractivity (Wildman–Crippen MR) is 60.3 cm³/mol. The van der Waals surface area contributed by atoms with Gasteiger partial charge >= 0.3 is 0 Å². The molecule has 0 saturated carbocycles. The summed E-state index contributed by atoms with van der Waals surface area (Å²) in [5.74, 6) is -1.00. The maximum absolute atomic E-state index is 10.3. The van der Waals surface area contributed by atoms with Gasteiger partial charge in [-0.25, -0.2) is 0 Å². The minimum absolute atomic E-state index is 0.0357. The number of carbonyl (C=O) groups excluding carboxylic acids is 1. The molecule has 1 atom stereocenters. The molecular formula is C13H19NO2. The smallest absolute Gasteiger partial charge is 0.110 e. The van der Waals surface area contributed by atoms with Crippen LogP contribution >= 0.6 is 0 Å². The number of hydrogen-bond donors (Lipinski definition) is 1. The Hall–Kier alpha value is -1.35. The predicted octanol–water partition coefficient (Wildman–Crippen LogP) is 0.452. The average molecular weight is 221 g/mol. The van der Waals surface area contributed by atoms with E-state index in [-0.39, 0.29) is 12.5 Å². The van der Waals surface area contributed by atoms with Crippen molar-refractivity contribution in [1.29, 1.82) is 0 Å². The van der Waals surface area contributed by atoms with E-state index in [1.807, 2.05) is 12.1 Å². The van der Waals surface area contributed by atoms with Gasteiger partial charge < -0.3 is 15.6 Å². The first-order valence-electron chi connectivity index (χ1n) is 5.75. The van der Waals surface area contributed by atoms with Crippen LogP contribution in [0.1, 0.15) is 43.4 Å². The summed E-state index contributed by atoms with van der Waals surface area (Å²) in [6.45, 7) is 2.15. The van der Waals surface area contributed by atoms with Crippen LogP contribution in [0.3, 0.4) is 0 Å². The fraction of sp³-hybridized carbons (Fsp3) is 0.462. The molecule has 0 aliphatic heterocycles. The van der Waals surface area contributed by atoms with Gasteiger partial charge in [0, 0.05) is 18.0 Å². The van der Waals surface area contributed by atoms with Crippen LogP contribution in [-0.2, 0) is 11.2 Å². The molecule has 0 fully saturated rings. The summed E-state index contributed by atoms with van der Waals surface area (Å²) in [7, 11) is 0. The molecule has 0 amide bonds. The maximum atomic E-state index is 10.3. The highest BCUT2D eigenvalue weighted by molar-refractivity contribution is 5.64. The number of quaternary nitrogens is 1. The Morgan fingerprint density at radius 2 is 2.00 bits per heavy atom. The molecule has 3 N–H and O–H groups in total. The molecule has 0 spiro atoms. The Morgan fingerprint density at radius 1 is 1.38 bits per heavy atom. The standard InChI is InChI=1S/C13H19NO2/c1-2-3-10-4-6-11(7-5-10)12(14)8-9-13(15)16/h4-7,12H,2-3,8-9,14H2,1H3,(H,15,16)/t12-/m0/s1. The van der Waals surface area contributed by atoms with Crippen molar-refractivity contribution in [3.63, 3.8) is 0 Å². The van der Waals surface area contributed by atoms with E-state index in [2.05, 4.69) is 24.8 Å². The van der Waals surface area contributed by atoms with Crippen LogP contribution in [0.5, 0.6) is 0 Å². The molecule has 0 aliphatic carbocycles. The lowest BCUT2D eigenvalue weighted by Crippen LogP contribution is -2.53. The summed E-state index contributed by atoms with van der Waals surface area (Å²) in [6, 6.07) is 8.30. The summed E-state index contributed by atoms with van der Waals surface area (Å²) in [6.07, 6.45) is 2.83. The van der Waals surface area contributed by atoms with Crippen molar-refractivity contribution in [2.24, 2.45) is 0 Å². The second-order valence-electron chi connectivity index (χ2n) is 4.10. The van der Waals surface area contributed by atoms with E-state index in [1.54, 1.807) is 0 Å². The van der Waals surface area contributed by atoms with Crippen LogP contribution in [0.25, 0.3) is 0 Å². The van der Waals surface area contributed by atoms with Crippen LogP contribution in [0, 0.1) is 0 Å². The Labute approximate surface area is 96.3 Å². The van der Waals surface area contributed by atoms with Crippen molar-refractivity contribution in [3.05, 3.63) is 35.4 Å². The molecule has 3 heteroatoms. The molecular weight excluding hydrogens is 202 g/mol. The van der Waals surface area contributed by atoms with Gasteiger partial charge in [0.1, 0.15) is 6.04 Å². The van der Waals surface area contributed by atoms with Gasteiger partial charge in [0.2, 0.25) is 0 Å². The third kappa shape index (κ3) is 4.03. The Bertz CT molecular complexity index is 332. The monoisotopic (exact) mass is 221 g/mol. The van der Waals surface area contributed by atoms with E-state index in [4.69, 9.17) is 0 Å². The zero-order valence-corrected chi connectivity index (χ0v) is 9.74. The first-order chi connectivity index (χ1) is 7.63. The Kier molecular flexibility index (Phi) is 4.99. The minimum atomic E-state index is -1.00. The highest BCUT2D eigenvalue weighted by atomic mass is 16.4. The normalized spacial score (nSPS) is 12.4. The maximum Gasteiger partial charge on any atom is 0.110 e. The average Bonchev–Trinajstić information content (AvgIpc) is 2.27. The lowest BCUT2D eigenvalue weighted by molar-refractivity contribution is -0.428. The molecule has 1 aromatic rings. The number of carboxylic acids is 1. The molecule has 0 aromatic heterocycles. The van der Waals surface area contributed by atoms with Crippen molar-refractivity contribution >= 4 is 5.97 Å². The van der Waals surface area contributed by atoms with Crippen molar-refractivity contribution in [3.8, 4) is 0 Å². The van der Waals surface area contributed by atoms with E-state index >= 15 is 0 Å². The van der Waals surface area contributed by atoms with Crippen molar-refractivity contribution < 1.29 is 15.6 Å². The van der Waals surface area contributed by atoms with Gasteiger partial charge in [-0.3, -0.25) is 0 Å². The molecule has 0 aliphatic rings. The molecule has 1 aromatic carbocycles. The molecule has 1 rings (SSSR count). The quantitative estimate of drug-likeness (QED) is 0.758. The van der Waals surface area contributed by atoms with E-state index < -0.39 is 5.97 Å². The van der Waals surface area contributed by atoms with Gasteiger partial charge in [-0.1, -0.05) is 37.6 Å². The topological polar surface area (TPSA) is 67.8 Å². The fourth-order valence-corrected chi connectivity index (χ4v) is 1.70. The number of hydrogen-bond acceptors (Lipinski definition) is 2. The molecule has 0 heterocycles. The largest absolute Gasteiger partial charge is 0.550 e. The van der Waals surface area contributed by atoms with E-state index in [1.165, 1.54) is 5.56 Å². The number of carboxylic acid groups (broad SMARTS) is 1. The van der Waals surface area contributed by atoms with E-state index in [0.717, 1.165) is 18.4 Å². The van der Waals surface area contributed by atoms with Gasteiger partial charge in [-0.15, -0.1) is 0 Å². The van der Waals surface area contributed by atoms with Crippen LogP contribution in [-0.4, -0.2) is 5.97 Å². The summed E-state index contributed by atoms with van der Waals surface area (Å²) < 4.78 is 0. The molecule has 88 valence electrons. The summed E-state index contributed by atoms with van der Waals surface area (Å²) in [5, 5.41) is 10.3. The first-order valence-corrected chi connectivity index (χ1v) is 5.75. The highest BCUT2D eigenvalue weighted by Gasteiger charge is 2.08. The zero-order valence-electron chi connectivity index (χ0n) is 9.74. The SMILES string of the molecule is CCCc1ccc([C@@H]([NH3+])CCC(=O)[O-])cc1. The number of benzene rings is 1. The second-order valence-corrected chi connectivity index (χ2v) is 4.10. The molecule has 0 bridgehead atoms.